The lowest BCUT2D eigenvalue weighted by atomic mass is 9.80. The largest absolute Gasteiger partial charge is 0.307 e. The van der Waals surface area contributed by atoms with Crippen LogP contribution in [0, 0.1) is 11.3 Å². The molecule has 0 saturated carbocycles. The maximum Gasteiger partial charge on any atom is 0.227 e. The quantitative estimate of drug-likeness (QED) is 0.807. The Labute approximate surface area is 110 Å². The average molecular weight is 273 g/mol. The van der Waals surface area contributed by atoms with Crippen molar-refractivity contribution < 1.29 is 8.42 Å². The molecular weight excluding hydrogens is 250 g/mol. The molecule has 5 nitrogen and oxygen atoms in total. The molecule has 0 aromatic heterocycles. The van der Waals surface area contributed by atoms with Gasteiger partial charge in [-0.25, -0.2) is 13.1 Å². The van der Waals surface area contributed by atoms with E-state index in [1.165, 1.54) is 6.92 Å². The minimum Gasteiger partial charge on any atom is -0.307 e. The van der Waals surface area contributed by atoms with E-state index >= 15 is 0 Å². The number of piperidine rings is 1. The third-order valence-electron chi connectivity index (χ3n) is 3.17. The molecule has 1 unspecified atom stereocenters. The Morgan fingerprint density at radius 1 is 1.28 bits per heavy atom. The van der Waals surface area contributed by atoms with Gasteiger partial charge < -0.3 is 5.32 Å². The van der Waals surface area contributed by atoms with Crippen LogP contribution in [0.2, 0.25) is 0 Å². The molecule has 0 aliphatic carbocycles. The minimum atomic E-state index is -3.55. The van der Waals surface area contributed by atoms with E-state index in [0.717, 1.165) is 0 Å². The number of hydrogen-bond acceptors (Lipinski definition) is 4. The number of sulfonamides is 1. The van der Waals surface area contributed by atoms with Crippen molar-refractivity contribution in [2.75, 3.05) is 0 Å². The molecule has 104 valence electrons. The Hall–Kier alpha value is -0.640. The van der Waals surface area contributed by atoms with Crippen molar-refractivity contribution in [3.8, 4) is 6.07 Å². The van der Waals surface area contributed by atoms with Gasteiger partial charge in [-0.1, -0.05) is 0 Å². The fourth-order valence-electron chi connectivity index (χ4n) is 2.81. The van der Waals surface area contributed by atoms with Crippen molar-refractivity contribution in [3.63, 3.8) is 0 Å². The molecule has 18 heavy (non-hydrogen) atoms. The maximum absolute atomic E-state index is 11.9. The number of nitrogens with zero attached hydrogens (tertiary/aromatic N) is 1. The van der Waals surface area contributed by atoms with E-state index < -0.39 is 15.3 Å². The van der Waals surface area contributed by atoms with Gasteiger partial charge in [0.15, 0.2) is 5.25 Å². The summed E-state index contributed by atoms with van der Waals surface area (Å²) in [7, 11) is -3.55. The van der Waals surface area contributed by atoms with E-state index in [1.807, 2.05) is 0 Å². The fraction of sp³-hybridized carbons (Fsp3) is 0.917. The molecule has 1 rings (SSSR count). The van der Waals surface area contributed by atoms with Crippen LogP contribution in [-0.2, 0) is 10.0 Å². The highest BCUT2D eigenvalue weighted by atomic mass is 32.2. The summed E-state index contributed by atoms with van der Waals surface area (Å²) in [6.45, 7) is 9.64. The first-order valence-electron chi connectivity index (χ1n) is 6.18. The van der Waals surface area contributed by atoms with Gasteiger partial charge in [0.1, 0.15) is 0 Å². The summed E-state index contributed by atoms with van der Waals surface area (Å²) in [5.41, 5.74) is -0.240. The molecule has 6 heteroatoms. The second-order valence-corrected chi connectivity index (χ2v) is 8.46. The van der Waals surface area contributed by atoms with Crippen LogP contribution in [0.15, 0.2) is 0 Å². The van der Waals surface area contributed by atoms with Crippen molar-refractivity contribution in [3.05, 3.63) is 0 Å². The highest BCUT2D eigenvalue weighted by Gasteiger charge is 2.39. The van der Waals surface area contributed by atoms with Crippen LogP contribution >= 0.6 is 0 Å². The van der Waals surface area contributed by atoms with Gasteiger partial charge in [0.05, 0.1) is 6.07 Å². The fourth-order valence-corrected chi connectivity index (χ4v) is 3.78. The summed E-state index contributed by atoms with van der Waals surface area (Å²) in [5.74, 6) is 0. The van der Waals surface area contributed by atoms with E-state index in [1.54, 1.807) is 6.07 Å². The zero-order chi connectivity index (χ0) is 14.2. The van der Waals surface area contributed by atoms with E-state index in [2.05, 4.69) is 37.7 Å². The molecule has 1 fully saturated rings. The Morgan fingerprint density at radius 3 is 2.11 bits per heavy atom. The smallest absolute Gasteiger partial charge is 0.227 e. The molecule has 0 amide bonds. The zero-order valence-electron chi connectivity index (χ0n) is 11.7. The van der Waals surface area contributed by atoms with Gasteiger partial charge in [-0.05, 0) is 47.5 Å². The molecule has 0 spiro atoms. The molecule has 1 atom stereocenters. The summed E-state index contributed by atoms with van der Waals surface area (Å²) in [5, 5.41) is 11.2. The Balaban J connectivity index is 2.83. The molecule has 2 N–H and O–H groups in total. The molecule has 0 bridgehead atoms. The first-order chi connectivity index (χ1) is 7.97. The van der Waals surface area contributed by atoms with Crippen LogP contribution in [0.1, 0.15) is 47.5 Å². The second kappa shape index (κ2) is 4.80. The highest BCUT2D eigenvalue weighted by Crippen LogP contribution is 2.29. The van der Waals surface area contributed by atoms with Crippen molar-refractivity contribution >= 4 is 10.0 Å². The van der Waals surface area contributed by atoms with Crippen molar-refractivity contribution in [1.29, 1.82) is 5.26 Å². The molecule has 1 aliphatic heterocycles. The summed E-state index contributed by atoms with van der Waals surface area (Å²) >= 11 is 0. The van der Waals surface area contributed by atoms with E-state index in [9.17, 15) is 8.42 Å². The average Bonchev–Trinajstić information content (AvgIpc) is 2.09. The molecule has 0 aromatic carbocycles. The predicted octanol–water partition coefficient (Wildman–Crippen LogP) is 1.13. The van der Waals surface area contributed by atoms with Gasteiger partial charge in [0, 0.05) is 17.1 Å². The van der Waals surface area contributed by atoms with Gasteiger partial charge >= 0.3 is 0 Å². The summed E-state index contributed by atoms with van der Waals surface area (Å²) < 4.78 is 26.5. The number of hydrogen-bond donors (Lipinski definition) is 2. The lowest BCUT2D eigenvalue weighted by Gasteiger charge is -2.46. The monoisotopic (exact) mass is 273 g/mol. The van der Waals surface area contributed by atoms with E-state index in [0.29, 0.717) is 12.8 Å². The van der Waals surface area contributed by atoms with E-state index in [-0.39, 0.29) is 17.1 Å². The molecule has 0 aromatic rings. The summed E-state index contributed by atoms with van der Waals surface area (Å²) in [4.78, 5) is 0. The van der Waals surface area contributed by atoms with E-state index in [4.69, 9.17) is 5.26 Å². The van der Waals surface area contributed by atoms with Crippen LogP contribution in [0.5, 0.6) is 0 Å². The zero-order valence-corrected chi connectivity index (χ0v) is 12.6. The van der Waals surface area contributed by atoms with Crippen molar-refractivity contribution in [1.82, 2.24) is 10.0 Å². The number of nitrogens with one attached hydrogen (secondary N) is 2. The lowest BCUT2D eigenvalue weighted by Crippen LogP contribution is -2.62. The molecular formula is C12H23N3O2S. The normalized spacial score (nSPS) is 25.3. The Morgan fingerprint density at radius 2 is 1.72 bits per heavy atom. The van der Waals surface area contributed by atoms with Gasteiger partial charge in [-0.3, -0.25) is 0 Å². The minimum absolute atomic E-state index is 0.120. The van der Waals surface area contributed by atoms with Crippen LogP contribution in [0.4, 0.5) is 0 Å². The summed E-state index contributed by atoms with van der Waals surface area (Å²) in [6.07, 6.45) is 1.43. The predicted molar refractivity (Wildman–Crippen MR) is 71.4 cm³/mol. The van der Waals surface area contributed by atoms with Crippen LogP contribution in [-0.4, -0.2) is 30.8 Å². The number of nitriles is 1. The van der Waals surface area contributed by atoms with Gasteiger partial charge in [-0.15, -0.1) is 0 Å². The topological polar surface area (TPSA) is 82.0 Å². The maximum atomic E-state index is 11.9. The highest BCUT2D eigenvalue weighted by molar-refractivity contribution is 7.90. The molecule has 1 heterocycles. The summed E-state index contributed by atoms with van der Waals surface area (Å²) in [6, 6.07) is 1.64. The second-order valence-electron chi connectivity index (χ2n) is 6.43. The van der Waals surface area contributed by atoms with Crippen molar-refractivity contribution in [2.45, 2.75) is 69.8 Å². The molecule has 0 radical (unpaired) electrons. The van der Waals surface area contributed by atoms with Gasteiger partial charge in [0.25, 0.3) is 0 Å². The first-order valence-corrected chi connectivity index (χ1v) is 7.72. The lowest BCUT2D eigenvalue weighted by molar-refractivity contribution is 0.157. The van der Waals surface area contributed by atoms with Crippen LogP contribution in [0.3, 0.4) is 0 Å². The Kier molecular flexibility index (Phi) is 4.11. The third-order valence-corrected chi connectivity index (χ3v) is 4.87. The number of rotatable bonds is 3. The Bertz CT molecular complexity index is 432. The van der Waals surface area contributed by atoms with Gasteiger partial charge in [-0.2, -0.15) is 5.26 Å². The van der Waals surface area contributed by atoms with Crippen molar-refractivity contribution in [2.24, 2.45) is 0 Å². The first kappa shape index (κ1) is 15.4. The third kappa shape index (κ3) is 3.94. The van der Waals surface area contributed by atoms with Gasteiger partial charge in [0.2, 0.25) is 10.0 Å². The molecule has 1 saturated heterocycles. The van der Waals surface area contributed by atoms with Crippen LogP contribution < -0.4 is 10.0 Å². The molecule has 1 aliphatic rings. The SMILES string of the molecule is CC(C#N)S(=O)(=O)NC1CC(C)(C)NC(C)(C)C1. The standard InChI is InChI=1S/C12H23N3O2S/c1-9(8-13)18(16,17)14-10-6-11(2,3)15-12(4,5)7-10/h9-10,14-15H,6-7H2,1-5H3. The van der Waals surface area contributed by atoms with Crippen LogP contribution in [0.25, 0.3) is 0 Å².